The lowest BCUT2D eigenvalue weighted by molar-refractivity contribution is -0.140. The SMILES string of the molecule is CC=C[C@@H](CC(=O)OC)N[C@@H](C)c1ccccc1. The van der Waals surface area contributed by atoms with Gasteiger partial charge < -0.3 is 10.1 Å². The molecule has 0 aliphatic carbocycles. The molecular weight excluding hydrogens is 226 g/mol. The zero-order chi connectivity index (χ0) is 13.4. The van der Waals surface area contributed by atoms with E-state index in [1.807, 2.05) is 37.3 Å². The van der Waals surface area contributed by atoms with Gasteiger partial charge in [-0.05, 0) is 19.4 Å². The average molecular weight is 247 g/mol. The molecule has 3 heteroatoms. The largest absolute Gasteiger partial charge is 0.469 e. The van der Waals surface area contributed by atoms with Gasteiger partial charge in [0.05, 0.1) is 13.5 Å². The fourth-order valence-corrected chi connectivity index (χ4v) is 1.84. The summed E-state index contributed by atoms with van der Waals surface area (Å²) < 4.78 is 4.70. The summed E-state index contributed by atoms with van der Waals surface area (Å²) in [7, 11) is 1.41. The fraction of sp³-hybridized carbons (Fsp3) is 0.400. The van der Waals surface area contributed by atoms with Crippen molar-refractivity contribution in [3.8, 4) is 0 Å². The molecule has 0 amide bonds. The molecule has 0 heterocycles. The monoisotopic (exact) mass is 247 g/mol. The van der Waals surface area contributed by atoms with Crippen LogP contribution in [0.15, 0.2) is 42.5 Å². The van der Waals surface area contributed by atoms with Crippen molar-refractivity contribution in [2.45, 2.75) is 32.4 Å². The summed E-state index contributed by atoms with van der Waals surface area (Å²) in [4.78, 5) is 11.3. The summed E-state index contributed by atoms with van der Waals surface area (Å²) in [5, 5.41) is 3.41. The Morgan fingerprint density at radius 3 is 2.61 bits per heavy atom. The Morgan fingerprint density at radius 1 is 1.39 bits per heavy atom. The Balaban J connectivity index is 2.63. The van der Waals surface area contributed by atoms with Gasteiger partial charge in [0.25, 0.3) is 0 Å². The normalized spacial score (nSPS) is 14.4. The molecule has 3 nitrogen and oxygen atoms in total. The zero-order valence-electron chi connectivity index (χ0n) is 11.2. The van der Waals surface area contributed by atoms with Crippen LogP contribution in [0.5, 0.6) is 0 Å². The topological polar surface area (TPSA) is 38.3 Å². The van der Waals surface area contributed by atoms with Crippen LogP contribution in [0, 0.1) is 0 Å². The quantitative estimate of drug-likeness (QED) is 0.620. The average Bonchev–Trinajstić information content (AvgIpc) is 2.39. The van der Waals surface area contributed by atoms with Crippen molar-refractivity contribution in [1.29, 1.82) is 0 Å². The molecule has 1 N–H and O–H groups in total. The first kappa shape index (κ1) is 14.5. The lowest BCUT2D eigenvalue weighted by atomic mass is 10.1. The molecule has 18 heavy (non-hydrogen) atoms. The molecule has 0 aliphatic heterocycles. The van der Waals surface area contributed by atoms with Crippen LogP contribution in [0.4, 0.5) is 0 Å². The van der Waals surface area contributed by atoms with E-state index in [0.717, 1.165) is 0 Å². The van der Waals surface area contributed by atoms with Crippen LogP contribution in [-0.4, -0.2) is 19.1 Å². The van der Waals surface area contributed by atoms with Gasteiger partial charge in [-0.1, -0.05) is 42.5 Å². The molecule has 1 rings (SSSR count). The van der Waals surface area contributed by atoms with Gasteiger partial charge in [-0.15, -0.1) is 0 Å². The summed E-state index contributed by atoms with van der Waals surface area (Å²) in [5.74, 6) is -0.203. The predicted molar refractivity (Wildman–Crippen MR) is 73.2 cm³/mol. The maximum atomic E-state index is 11.3. The molecule has 0 saturated heterocycles. The van der Waals surface area contributed by atoms with E-state index < -0.39 is 0 Å². The van der Waals surface area contributed by atoms with E-state index in [1.165, 1.54) is 12.7 Å². The number of rotatable bonds is 6. The molecule has 0 fully saturated rings. The second-order valence-electron chi connectivity index (χ2n) is 4.21. The molecule has 0 radical (unpaired) electrons. The summed E-state index contributed by atoms with van der Waals surface area (Å²) in [6, 6.07) is 10.4. The molecule has 0 aromatic heterocycles. The second kappa shape index (κ2) is 7.67. The van der Waals surface area contributed by atoms with Crippen LogP contribution in [-0.2, 0) is 9.53 Å². The highest BCUT2D eigenvalue weighted by Crippen LogP contribution is 2.13. The number of hydrogen-bond donors (Lipinski definition) is 1. The van der Waals surface area contributed by atoms with E-state index in [9.17, 15) is 4.79 Å². The van der Waals surface area contributed by atoms with Crippen molar-refractivity contribution < 1.29 is 9.53 Å². The van der Waals surface area contributed by atoms with Crippen LogP contribution in [0.25, 0.3) is 0 Å². The van der Waals surface area contributed by atoms with Crippen LogP contribution in [0.2, 0.25) is 0 Å². The fourth-order valence-electron chi connectivity index (χ4n) is 1.84. The molecule has 0 aliphatic rings. The zero-order valence-corrected chi connectivity index (χ0v) is 11.2. The van der Waals surface area contributed by atoms with Crippen molar-refractivity contribution in [2.75, 3.05) is 7.11 Å². The Hall–Kier alpha value is -1.61. The molecular formula is C15H21NO2. The molecule has 98 valence electrons. The molecule has 1 aromatic rings. The highest BCUT2D eigenvalue weighted by atomic mass is 16.5. The van der Waals surface area contributed by atoms with Gasteiger partial charge in [-0.2, -0.15) is 0 Å². The van der Waals surface area contributed by atoms with Crippen molar-refractivity contribution in [2.24, 2.45) is 0 Å². The van der Waals surface area contributed by atoms with Gasteiger partial charge in [0.1, 0.15) is 0 Å². The van der Waals surface area contributed by atoms with Gasteiger partial charge >= 0.3 is 5.97 Å². The number of methoxy groups -OCH3 is 1. The first-order chi connectivity index (χ1) is 8.67. The van der Waals surface area contributed by atoms with Gasteiger partial charge in [-0.3, -0.25) is 4.79 Å². The Labute approximate surface area is 109 Å². The van der Waals surface area contributed by atoms with E-state index in [0.29, 0.717) is 6.42 Å². The minimum Gasteiger partial charge on any atom is -0.469 e. The number of benzene rings is 1. The maximum absolute atomic E-state index is 11.3. The standard InChI is InChI=1S/C15H21NO2/c1-4-8-14(11-15(17)18-3)16-12(2)13-9-6-5-7-10-13/h4-10,12,14,16H,11H2,1-3H3/t12-,14-/m0/s1. The predicted octanol–water partition coefficient (Wildman–Crippen LogP) is 2.85. The first-order valence-corrected chi connectivity index (χ1v) is 6.18. The van der Waals surface area contributed by atoms with Crippen molar-refractivity contribution >= 4 is 5.97 Å². The Morgan fingerprint density at radius 2 is 2.06 bits per heavy atom. The maximum Gasteiger partial charge on any atom is 0.307 e. The van der Waals surface area contributed by atoms with Gasteiger partial charge in [0, 0.05) is 12.1 Å². The van der Waals surface area contributed by atoms with Gasteiger partial charge in [0.2, 0.25) is 0 Å². The van der Waals surface area contributed by atoms with Crippen LogP contribution in [0.3, 0.4) is 0 Å². The lowest BCUT2D eigenvalue weighted by Gasteiger charge is -2.20. The molecule has 0 spiro atoms. The lowest BCUT2D eigenvalue weighted by Crippen LogP contribution is -2.32. The minimum atomic E-state index is -0.203. The van der Waals surface area contributed by atoms with Gasteiger partial charge in [0.15, 0.2) is 0 Å². The minimum absolute atomic E-state index is 0.00217. The molecule has 2 atom stereocenters. The van der Waals surface area contributed by atoms with Crippen molar-refractivity contribution in [1.82, 2.24) is 5.32 Å². The third-order valence-corrected chi connectivity index (χ3v) is 2.80. The van der Waals surface area contributed by atoms with Crippen LogP contribution in [0.1, 0.15) is 31.9 Å². The first-order valence-electron chi connectivity index (χ1n) is 6.18. The number of carbonyl (C=O) groups is 1. The highest BCUT2D eigenvalue weighted by molar-refractivity contribution is 5.70. The highest BCUT2D eigenvalue weighted by Gasteiger charge is 2.14. The third-order valence-electron chi connectivity index (χ3n) is 2.80. The molecule has 0 saturated carbocycles. The smallest absolute Gasteiger partial charge is 0.307 e. The van der Waals surface area contributed by atoms with Crippen molar-refractivity contribution in [3.05, 3.63) is 48.0 Å². The third kappa shape index (κ3) is 4.72. The van der Waals surface area contributed by atoms with E-state index in [2.05, 4.69) is 24.4 Å². The van der Waals surface area contributed by atoms with Crippen LogP contribution < -0.4 is 5.32 Å². The number of ether oxygens (including phenoxy) is 1. The number of hydrogen-bond acceptors (Lipinski definition) is 3. The molecule has 1 aromatic carbocycles. The number of nitrogens with one attached hydrogen (secondary N) is 1. The number of carbonyl (C=O) groups excluding carboxylic acids is 1. The molecule has 0 bridgehead atoms. The summed E-state index contributed by atoms with van der Waals surface area (Å²) >= 11 is 0. The Kier molecular flexibility index (Phi) is 6.15. The summed E-state index contributed by atoms with van der Waals surface area (Å²) in [5.41, 5.74) is 1.21. The van der Waals surface area contributed by atoms with E-state index in [1.54, 1.807) is 0 Å². The van der Waals surface area contributed by atoms with E-state index in [4.69, 9.17) is 4.74 Å². The second-order valence-corrected chi connectivity index (χ2v) is 4.21. The van der Waals surface area contributed by atoms with Gasteiger partial charge in [-0.25, -0.2) is 0 Å². The molecule has 0 unspecified atom stereocenters. The summed E-state index contributed by atoms with van der Waals surface area (Å²) in [6.07, 6.45) is 4.27. The van der Waals surface area contributed by atoms with Crippen molar-refractivity contribution in [3.63, 3.8) is 0 Å². The Bertz CT molecular complexity index is 387. The number of allylic oxidation sites excluding steroid dienone is 1. The van der Waals surface area contributed by atoms with E-state index >= 15 is 0 Å². The summed E-state index contributed by atoms with van der Waals surface area (Å²) in [6.45, 7) is 4.03. The van der Waals surface area contributed by atoms with Crippen LogP contribution >= 0.6 is 0 Å². The number of esters is 1. The van der Waals surface area contributed by atoms with E-state index in [-0.39, 0.29) is 18.1 Å².